The fourth-order valence-electron chi connectivity index (χ4n) is 2.28. The molecule has 4 nitrogen and oxygen atoms in total. The van der Waals surface area contributed by atoms with Crippen LogP contribution >= 0.6 is 11.8 Å². The molecule has 0 radical (unpaired) electrons. The normalized spacial score (nSPS) is 17.7. The fraction of sp³-hybridized carbons (Fsp3) is 0.167. The predicted molar refractivity (Wildman–Crippen MR) is 89.1 cm³/mol. The molecule has 1 atom stereocenters. The van der Waals surface area contributed by atoms with Crippen molar-refractivity contribution in [3.63, 3.8) is 0 Å². The van der Waals surface area contributed by atoms with Crippen molar-refractivity contribution in [1.29, 1.82) is 0 Å². The van der Waals surface area contributed by atoms with Gasteiger partial charge in [0.2, 0.25) is 0 Å². The third-order valence-corrected chi connectivity index (χ3v) is 4.35. The van der Waals surface area contributed by atoms with E-state index in [4.69, 9.17) is 9.47 Å². The molecule has 0 saturated heterocycles. The Hall–Kier alpha value is -2.40. The fourth-order valence-corrected chi connectivity index (χ4v) is 3.01. The van der Waals surface area contributed by atoms with Gasteiger partial charge in [0.25, 0.3) is 0 Å². The van der Waals surface area contributed by atoms with Crippen LogP contribution in [0.2, 0.25) is 0 Å². The summed E-state index contributed by atoms with van der Waals surface area (Å²) in [6.45, 7) is 0. The van der Waals surface area contributed by atoms with Crippen LogP contribution in [0, 0.1) is 0 Å². The van der Waals surface area contributed by atoms with Crippen LogP contribution in [0.1, 0.15) is 18.1 Å². The highest BCUT2D eigenvalue weighted by atomic mass is 32.2. The summed E-state index contributed by atoms with van der Waals surface area (Å²) in [5.41, 5.74) is 0.872. The minimum Gasteiger partial charge on any atom is -0.511 e. The summed E-state index contributed by atoms with van der Waals surface area (Å²) in [5.74, 6) is 0.488. The van der Waals surface area contributed by atoms with Crippen molar-refractivity contribution in [2.24, 2.45) is 0 Å². The topological polar surface area (TPSA) is 55.8 Å². The molecule has 0 fully saturated rings. The van der Waals surface area contributed by atoms with E-state index >= 15 is 0 Å². The second-order valence-corrected chi connectivity index (χ2v) is 5.94. The number of aliphatic hydroxyl groups is 1. The van der Waals surface area contributed by atoms with E-state index in [0.717, 1.165) is 17.3 Å². The number of aliphatic hydroxyl groups excluding tert-OH is 1. The number of benzene rings is 2. The van der Waals surface area contributed by atoms with Gasteiger partial charge in [-0.05, 0) is 17.7 Å². The number of hydrogen-bond acceptors (Lipinski definition) is 5. The van der Waals surface area contributed by atoms with Gasteiger partial charge in [0.1, 0.15) is 28.5 Å². The molecule has 2 aromatic rings. The van der Waals surface area contributed by atoms with E-state index < -0.39 is 12.1 Å². The van der Waals surface area contributed by atoms with E-state index in [-0.39, 0.29) is 23.0 Å². The van der Waals surface area contributed by atoms with Gasteiger partial charge < -0.3 is 14.6 Å². The lowest BCUT2D eigenvalue weighted by Gasteiger charge is -2.24. The molecule has 1 unspecified atom stereocenters. The van der Waals surface area contributed by atoms with Crippen LogP contribution in [0.5, 0.6) is 5.75 Å². The number of para-hydroxylation sites is 1. The van der Waals surface area contributed by atoms with Crippen molar-refractivity contribution in [1.82, 2.24) is 0 Å². The number of carbonyl (C=O) groups is 1. The third kappa shape index (κ3) is 3.87. The molecule has 0 amide bonds. The molecule has 5 heteroatoms. The quantitative estimate of drug-likeness (QED) is 0.658. The Morgan fingerprint density at radius 3 is 2.39 bits per heavy atom. The SMILES string of the molecule is O=C1OC(c2ccccc2)CC(O)=C1SCOc1ccccc1. The Kier molecular flexibility index (Phi) is 4.88. The molecule has 0 aliphatic carbocycles. The summed E-state index contributed by atoms with van der Waals surface area (Å²) in [6.07, 6.45) is -0.160. The van der Waals surface area contributed by atoms with E-state index in [1.807, 2.05) is 60.7 Å². The Bertz CT molecular complexity index is 697. The molecule has 1 aliphatic rings. The van der Waals surface area contributed by atoms with Gasteiger partial charge in [-0.15, -0.1) is 0 Å². The lowest BCUT2D eigenvalue weighted by Crippen LogP contribution is -2.20. The molecular formula is C18H16O4S. The average Bonchev–Trinajstić information content (AvgIpc) is 2.59. The molecule has 1 N–H and O–H groups in total. The van der Waals surface area contributed by atoms with Crippen LogP contribution < -0.4 is 4.74 Å². The molecule has 118 valence electrons. The number of esters is 1. The maximum absolute atomic E-state index is 12.1. The van der Waals surface area contributed by atoms with Gasteiger partial charge in [0.15, 0.2) is 0 Å². The molecular weight excluding hydrogens is 312 g/mol. The molecule has 0 saturated carbocycles. The van der Waals surface area contributed by atoms with E-state index in [9.17, 15) is 9.90 Å². The zero-order valence-electron chi connectivity index (χ0n) is 12.3. The minimum atomic E-state index is -0.510. The lowest BCUT2D eigenvalue weighted by molar-refractivity contribution is -0.146. The Balaban J connectivity index is 1.62. The highest BCUT2D eigenvalue weighted by molar-refractivity contribution is 8.03. The van der Waals surface area contributed by atoms with Crippen LogP contribution in [0.4, 0.5) is 0 Å². The van der Waals surface area contributed by atoms with Crippen LogP contribution in [0.15, 0.2) is 71.3 Å². The maximum atomic E-state index is 12.1. The second-order valence-electron chi connectivity index (χ2n) is 5.00. The lowest BCUT2D eigenvalue weighted by atomic mass is 10.0. The van der Waals surface area contributed by atoms with Crippen LogP contribution in [0.3, 0.4) is 0 Å². The third-order valence-electron chi connectivity index (χ3n) is 3.42. The van der Waals surface area contributed by atoms with Gasteiger partial charge in [-0.1, -0.05) is 60.3 Å². The van der Waals surface area contributed by atoms with Crippen molar-refractivity contribution < 1.29 is 19.4 Å². The average molecular weight is 328 g/mol. The monoisotopic (exact) mass is 328 g/mol. The van der Waals surface area contributed by atoms with Crippen LogP contribution in [-0.2, 0) is 9.53 Å². The Morgan fingerprint density at radius 1 is 1.09 bits per heavy atom. The molecule has 2 aromatic carbocycles. The number of ether oxygens (including phenoxy) is 2. The van der Waals surface area contributed by atoms with E-state index in [0.29, 0.717) is 5.75 Å². The predicted octanol–water partition coefficient (Wildman–Crippen LogP) is 4.21. The first kappa shape index (κ1) is 15.5. The summed E-state index contributed by atoms with van der Waals surface area (Å²) in [7, 11) is 0. The van der Waals surface area contributed by atoms with E-state index in [1.165, 1.54) is 0 Å². The van der Waals surface area contributed by atoms with Crippen molar-refractivity contribution in [3.05, 3.63) is 76.9 Å². The summed E-state index contributed by atoms with van der Waals surface area (Å²) in [4.78, 5) is 12.3. The Morgan fingerprint density at radius 2 is 1.74 bits per heavy atom. The van der Waals surface area contributed by atoms with Crippen molar-refractivity contribution in [2.75, 3.05) is 5.94 Å². The van der Waals surface area contributed by atoms with Crippen LogP contribution in [0.25, 0.3) is 0 Å². The highest BCUT2D eigenvalue weighted by Gasteiger charge is 2.30. The van der Waals surface area contributed by atoms with Crippen molar-refractivity contribution in [2.45, 2.75) is 12.5 Å². The van der Waals surface area contributed by atoms with Gasteiger partial charge in [0.05, 0.1) is 0 Å². The van der Waals surface area contributed by atoms with Gasteiger partial charge in [-0.3, -0.25) is 0 Å². The highest BCUT2D eigenvalue weighted by Crippen LogP contribution is 2.35. The zero-order chi connectivity index (χ0) is 16.1. The minimum absolute atomic E-state index is 0.0526. The van der Waals surface area contributed by atoms with Crippen molar-refractivity contribution >= 4 is 17.7 Å². The number of thioether (sulfide) groups is 1. The van der Waals surface area contributed by atoms with Crippen molar-refractivity contribution in [3.8, 4) is 5.75 Å². The summed E-state index contributed by atoms with van der Waals surface area (Å²) in [5, 5.41) is 10.2. The molecule has 0 aromatic heterocycles. The largest absolute Gasteiger partial charge is 0.511 e. The van der Waals surface area contributed by atoms with Gasteiger partial charge in [-0.25, -0.2) is 4.79 Å². The number of hydrogen-bond donors (Lipinski definition) is 1. The first-order chi connectivity index (χ1) is 11.2. The molecule has 23 heavy (non-hydrogen) atoms. The molecule has 1 heterocycles. The smallest absolute Gasteiger partial charge is 0.348 e. The Labute approximate surface area is 138 Å². The number of rotatable bonds is 5. The summed E-state index contributed by atoms with van der Waals surface area (Å²) < 4.78 is 11.0. The van der Waals surface area contributed by atoms with Crippen LogP contribution in [-0.4, -0.2) is 17.0 Å². The zero-order valence-corrected chi connectivity index (χ0v) is 13.2. The first-order valence-electron chi connectivity index (χ1n) is 7.22. The first-order valence-corrected chi connectivity index (χ1v) is 8.21. The number of carbonyl (C=O) groups excluding carboxylic acids is 1. The standard InChI is InChI=1S/C18H16O4S/c19-15-11-16(13-7-3-1-4-8-13)22-18(20)17(15)23-12-21-14-9-5-2-6-10-14/h1-10,16,19H,11-12H2. The van der Waals surface area contributed by atoms with Gasteiger partial charge in [0, 0.05) is 6.42 Å². The molecule has 0 spiro atoms. The summed E-state index contributed by atoms with van der Waals surface area (Å²) >= 11 is 1.14. The van der Waals surface area contributed by atoms with Gasteiger partial charge in [-0.2, -0.15) is 0 Å². The van der Waals surface area contributed by atoms with E-state index in [2.05, 4.69) is 0 Å². The number of cyclic esters (lactones) is 1. The maximum Gasteiger partial charge on any atom is 0.348 e. The van der Waals surface area contributed by atoms with E-state index in [1.54, 1.807) is 0 Å². The van der Waals surface area contributed by atoms with Gasteiger partial charge >= 0.3 is 5.97 Å². The molecule has 3 rings (SSSR count). The second kappa shape index (κ2) is 7.24. The molecule has 1 aliphatic heterocycles. The molecule has 0 bridgehead atoms. The summed E-state index contributed by atoms with van der Waals surface area (Å²) in [6, 6.07) is 18.7.